The third kappa shape index (κ3) is 171. The van der Waals surface area contributed by atoms with Gasteiger partial charge in [-0.25, -0.2) is 0 Å². The maximum absolute atomic E-state index is 12.2. The van der Waals surface area contributed by atoms with Gasteiger partial charge in [0.25, 0.3) is 0 Å². The summed E-state index contributed by atoms with van der Waals surface area (Å²) >= 11 is 0. The first kappa shape index (κ1) is 155. The smallest absolute Gasteiger partial charge is 0.225 e. The molecule has 142 heavy (non-hydrogen) atoms. The Labute approximate surface area is 894 Å². The van der Waals surface area contributed by atoms with E-state index >= 15 is 0 Å². The maximum atomic E-state index is 12.2. The fourth-order valence-electron chi connectivity index (χ4n) is 12.9. The van der Waals surface area contributed by atoms with Crippen molar-refractivity contribution >= 4 is 17.6 Å². The molecular weight excluding hydrogens is 1750 g/mol. The molecule has 0 aromatic rings. The molecule has 0 atom stereocenters. The maximum Gasteiger partial charge on any atom is 0.225 e. The Morgan fingerprint density at radius 3 is 0.669 bits per heavy atom. The van der Waals surface area contributed by atoms with Crippen LogP contribution in [-0.2, 0) is 52.3 Å². The number of carbonyl (C=O) groups excluding carboxylic acids is 3. The minimum absolute atomic E-state index is 0.131. The average molecular weight is 2020 g/mol. The number of rotatable bonds is 61. The third-order valence-corrected chi connectivity index (χ3v) is 21.2. The van der Waals surface area contributed by atoms with Crippen molar-refractivity contribution in [2.24, 2.45) is 92.1 Å². The largest absolute Gasteiger partial charge is 0.381 e. The average Bonchev–Trinajstić information content (AvgIpc) is 0.873. The van der Waals surface area contributed by atoms with Gasteiger partial charge in [-0.05, 0) is 221 Å². The van der Waals surface area contributed by atoms with Crippen LogP contribution in [0.25, 0.3) is 0 Å². The van der Waals surface area contributed by atoms with Crippen LogP contribution in [0.5, 0.6) is 0 Å². The Morgan fingerprint density at radius 1 is 0.183 bits per heavy atom. The molecule has 13 heteroatoms. The quantitative estimate of drug-likeness (QED) is 0.0443. The van der Waals surface area contributed by atoms with Crippen molar-refractivity contribution in [1.82, 2.24) is 10.6 Å². The molecule has 13 nitrogen and oxygen atoms in total. The second kappa shape index (κ2) is 83.3. The number of Topliss-reactive ketones (excluding diaryl/α,β-unsaturated/α-hetero) is 1. The molecular formula is C129H266N2O11. The number of amides is 2. The van der Waals surface area contributed by atoms with E-state index in [4.69, 9.17) is 37.9 Å². The van der Waals surface area contributed by atoms with Crippen LogP contribution in [0.3, 0.4) is 0 Å². The van der Waals surface area contributed by atoms with Crippen molar-refractivity contribution in [1.29, 1.82) is 0 Å². The monoisotopic (exact) mass is 2020 g/mol. The fourth-order valence-corrected chi connectivity index (χ4v) is 12.9. The Kier molecular flexibility index (Phi) is 91.0. The number of unbranched alkanes of at least 4 members (excludes halogenated alkanes) is 18. The first-order valence-electron chi connectivity index (χ1n) is 58.1. The lowest BCUT2D eigenvalue weighted by Gasteiger charge is -2.27. The van der Waals surface area contributed by atoms with Crippen molar-refractivity contribution < 1.29 is 52.3 Å². The second-order valence-electron chi connectivity index (χ2n) is 62.0. The van der Waals surface area contributed by atoms with Gasteiger partial charge in [0.1, 0.15) is 5.78 Å². The number of allylic oxidation sites excluding steroid dienone is 4. The van der Waals surface area contributed by atoms with Gasteiger partial charge in [0.05, 0.1) is 52.9 Å². The highest BCUT2D eigenvalue weighted by molar-refractivity contribution is 5.81. The molecule has 0 aromatic heterocycles. The molecule has 0 fully saturated rings. The zero-order valence-electron chi connectivity index (χ0n) is 107. The van der Waals surface area contributed by atoms with Crippen LogP contribution in [0.15, 0.2) is 24.3 Å². The number of nitrogens with one attached hydrogen (secondary N) is 2. The van der Waals surface area contributed by atoms with Crippen molar-refractivity contribution in [2.75, 3.05) is 119 Å². The molecule has 0 rings (SSSR count). The molecule has 0 unspecified atom stereocenters. The van der Waals surface area contributed by atoms with Crippen LogP contribution in [0.4, 0.5) is 0 Å². The number of hydrogen-bond donors (Lipinski definition) is 2. The Hall–Kier alpha value is -2.23. The van der Waals surface area contributed by atoms with Crippen LogP contribution in [0.1, 0.15) is 584 Å². The highest BCUT2D eigenvalue weighted by Gasteiger charge is 2.29. The molecule has 0 heterocycles. The van der Waals surface area contributed by atoms with Gasteiger partial charge in [0.2, 0.25) is 11.8 Å². The standard InChI is InChI=1S/C18H37NO2.C17H34O.C17H36O.C17H34O.C16H33NO2.C15H32O.C15H30O.C14H30O2/c1-16(2,3)13-19-15(20)18(7,8)11-9-10-12-21-14-17(4,5)6;1-16(2,3)13-10-8-7-9-11-15(18)12-14-17(4,5)6;2*1-16(2,3)13-11-9-7-8-10-12-14-18-15-17(4,5)6;1-15(2,3)12-17-14(18)10-8-7-9-11-19-13-16(4,5)6;2*1-14(2,3)11-9-7-8-10-12-16-13-15(4,5)6;1-13(2,3)11-15-9-7-8-10-16-12-14(4,5)6/h9-14H2,1-8H3,(H,19,20);7-14H2,1-6H3;7-15H2,1-6H3;7-8H,9-15H2,1-6H3;7-13H2,1-6H3,(H,17,18);7-13H2,1-6H3;7,9H,8,10-13H2,1-6H3;7-12H2,1-6H3. The van der Waals surface area contributed by atoms with E-state index in [2.05, 4.69) is 367 Å². The minimum Gasteiger partial charge on any atom is -0.381 e. The lowest BCUT2D eigenvalue weighted by Crippen LogP contribution is -2.40. The Balaban J connectivity index is -0.000000241. The predicted molar refractivity (Wildman–Crippen MR) is 632 cm³/mol. The summed E-state index contributed by atoms with van der Waals surface area (Å²) in [7, 11) is 0. The Morgan fingerprint density at radius 2 is 0.394 bits per heavy atom. The lowest BCUT2D eigenvalue weighted by atomic mass is 9.85. The van der Waals surface area contributed by atoms with E-state index in [-0.39, 0.29) is 49.7 Å². The van der Waals surface area contributed by atoms with Crippen LogP contribution in [-0.4, -0.2) is 136 Å². The molecule has 2 amide bonds. The SMILES string of the molecule is CC(C)(C)CC=CCCCOCC(C)(C)C.CC(C)(C)CCCC=CCCCOCC(C)(C)C.CC(C)(C)CCCCCCC(=O)CCC(C)(C)C.CC(C)(C)CCCCCCCCOCC(C)(C)C.CC(C)(C)CCCCCCOCC(C)(C)C.CC(C)(C)CNC(=O)C(C)(C)CCCCOCC(C)(C)C.CC(C)(C)CNC(=O)CCCCCOCC(C)(C)C.CC(C)(C)COCCCCOCC(C)(C)C. The van der Waals surface area contributed by atoms with Gasteiger partial charge in [0, 0.05) is 90.6 Å². The molecule has 0 aliphatic rings. The van der Waals surface area contributed by atoms with E-state index in [0.29, 0.717) is 66.4 Å². The summed E-state index contributed by atoms with van der Waals surface area (Å²) in [6, 6.07) is 0. The molecule has 0 spiro atoms. The highest BCUT2D eigenvalue weighted by atomic mass is 16.5. The van der Waals surface area contributed by atoms with Gasteiger partial charge in [-0.3, -0.25) is 14.4 Å². The molecule has 0 aliphatic heterocycles. The molecule has 0 radical (unpaired) electrons. The normalized spacial score (nSPS) is 13.1. The molecule has 0 saturated carbocycles. The van der Waals surface area contributed by atoms with E-state index < -0.39 is 0 Å². The zero-order valence-corrected chi connectivity index (χ0v) is 107. The van der Waals surface area contributed by atoms with E-state index in [1.807, 2.05) is 13.8 Å². The van der Waals surface area contributed by atoms with E-state index in [9.17, 15) is 14.4 Å². The predicted octanol–water partition coefficient (Wildman–Crippen LogP) is 39.1. The van der Waals surface area contributed by atoms with Crippen molar-refractivity contribution in [3.05, 3.63) is 24.3 Å². The van der Waals surface area contributed by atoms with Crippen LogP contribution < -0.4 is 10.6 Å². The van der Waals surface area contributed by atoms with Crippen molar-refractivity contribution in [2.45, 2.75) is 584 Å². The van der Waals surface area contributed by atoms with Gasteiger partial charge < -0.3 is 48.5 Å². The van der Waals surface area contributed by atoms with E-state index in [1.165, 1.54) is 122 Å². The van der Waals surface area contributed by atoms with E-state index in [0.717, 1.165) is 228 Å². The number of hydrogen-bond acceptors (Lipinski definition) is 11. The summed E-state index contributed by atoms with van der Waals surface area (Å²) in [5, 5.41) is 6.04. The first-order chi connectivity index (χ1) is 64.1. The van der Waals surface area contributed by atoms with Gasteiger partial charge >= 0.3 is 0 Å². The summed E-state index contributed by atoms with van der Waals surface area (Å²) in [5.41, 5.74) is 4.91. The molecule has 2 N–H and O–H groups in total. The molecule has 858 valence electrons. The van der Waals surface area contributed by atoms with Crippen LogP contribution >= 0.6 is 0 Å². The summed E-state index contributed by atoms with van der Waals surface area (Å²) in [5.74, 6) is 0.791. The van der Waals surface area contributed by atoms with Gasteiger partial charge in [0.15, 0.2) is 0 Å². The molecule has 0 aliphatic carbocycles. The Bertz CT molecular complexity index is 2760. The van der Waals surface area contributed by atoms with Crippen LogP contribution in [0, 0.1) is 92.1 Å². The van der Waals surface area contributed by atoms with Gasteiger partial charge in [-0.15, -0.1) is 0 Å². The van der Waals surface area contributed by atoms with Gasteiger partial charge in [-0.1, -0.05) is 454 Å². The summed E-state index contributed by atoms with van der Waals surface area (Å²) < 4.78 is 45.0. The lowest BCUT2D eigenvalue weighted by molar-refractivity contribution is -0.130. The summed E-state index contributed by atoms with van der Waals surface area (Å²) in [6.07, 6.45) is 52.5. The molecule has 0 saturated heterocycles. The number of ketones is 1. The van der Waals surface area contributed by atoms with Crippen molar-refractivity contribution in [3.8, 4) is 0 Å². The van der Waals surface area contributed by atoms with E-state index in [1.54, 1.807) is 0 Å². The van der Waals surface area contributed by atoms with Gasteiger partial charge in [-0.2, -0.15) is 0 Å². The summed E-state index contributed by atoms with van der Waals surface area (Å²) in [6.45, 7) is 126. The highest BCUT2D eigenvalue weighted by Crippen LogP contribution is 2.31. The molecule has 0 bridgehead atoms. The zero-order chi connectivity index (χ0) is 112. The topological polar surface area (TPSA) is 149 Å². The second-order valence-corrected chi connectivity index (χ2v) is 62.0. The number of carbonyl (C=O) groups is 3. The minimum atomic E-state index is -0.296. The fraction of sp³-hybridized carbons (Fsp3) is 0.946. The summed E-state index contributed by atoms with van der Waals surface area (Å²) in [4.78, 5) is 35.5. The van der Waals surface area contributed by atoms with Crippen molar-refractivity contribution in [3.63, 3.8) is 0 Å². The van der Waals surface area contributed by atoms with Crippen LogP contribution in [0.2, 0.25) is 0 Å². The third-order valence-electron chi connectivity index (χ3n) is 21.2. The number of ether oxygens (including phenoxy) is 8. The first-order valence-corrected chi connectivity index (χ1v) is 58.1. The molecule has 0 aromatic carbocycles.